The molecule has 0 radical (unpaired) electrons. The van der Waals surface area contributed by atoms with Gasteiger partial charge in [-0.1, -0.05) is 32.0 Å². The van der Waals surface area contributed by atoms with Gasteiger partial charge in [-0.3, -0.25) is 0 Å². The number of hydrogen-bond acceptors (Lipinski definition) is 3. The summed E-state index contributed by atoms with van der Waals surface area (Å²) in [4.78, 5) is 0. The maximum absolute atomic E-state index is 5.73. The van der Waals surface area contributed by atoms with E-state index in [9.17, 15) is 0 Å². The first-order valence-corrected chi connectivity index (χ1v) is 5.24. The molecule has 3 nitrogen and oxygen atoms in total. The molecular formula is C12H21N3. The summed E-state index contributed by atoms with van der Waals surface area (Å²) in [7, 11) is 0. The molecule has 1 aromatic carbocycles. The second-order valence-electron chi connectivity index (χ2n) is 2.89. The van der Waals surface area contributed by atoms with Gasteiger partial charge in [0.1, 0.15) is 0 Å². The minimum absolute atomic E-state index is 0.565. The number of nitrogens with two attached hydrogens (primary N) is 3. The van der Waals surface area contributed by atoms with Crippen molar-refractivity contribution in [3.05, 3.63) is 35.5 Å². The van der Waals surface area contributed by atoms with E-state index in [4.69, 9.17) is 17.2 Å². The number of para-hydroxylation sites is 1. The van der Waals surface area contributed by atoms with Crippen molar-refractivity contribution in [3.8, 4) is 0 Å². The van der Waals surface area contributed by atoms with E-state index in [-0.39, 0.29) is 0 Å². The normalized spacial score (nSPS) is 10.5. The molecule has 0 heterocycles. The second kappa shape index (κ2) is 7.88. The van der Waals surface area contributed by atoms with Crippen LogP contribution in [0.4, 0.5) is 5.69 Å². The van der Waals surface area contributed by atoms with E-state index in [0.29, 0.717) is 13.0 Å². The molecule has 15 heavy (non-hydrogen) atoms. The predicted molar refractivity (Wildman–Crippen MR) is 68.0 cm³/mol. The molecule has 0 fully saturated rings. The zero-order valence-electron chi connectivity index (χ0n) is 9.53. The molecule has 0 saturated heterocycles. The fraction of sp³-hybridized carbons (Fsp3) is 0.333. The number of nitrogen functional groups attached to an aromatic ring is 1. The SMILES string of the molecule is CC.NCC/C(N)=C/c1ccccc1N. The van der Waals surface area contributed by atoms with Gasteiger partial charge in [-0.25, -0.2) is 0 Å². The lowest BCUT2D eigenvalue weighted by Crippen LogP contribution is -2.06. The summed E-state index contributed by atoms with van der Waals surface area (Å²) in [5.41, 5.74) is 19.3. The smallest absolute Gasteiger partial charge is 0.0388 e. The molecule has 6 N–H and O–H groups in total. The van der Waals surface area contributed by atoms with Gasteiger partial charge in [0, 0.05) is 11.4 Å². The van der Waals surface area contributed by atoms with Crippen molar-refractivity contribution in [1.82, 2.24) is 0 Å². The van der Waals surface area contributed by atoms with Crippen LogP contribution in [0, 0.1) is 0 Å². The van der Waals surface area contributed by atoms with Crippen LogP contribution in [0.5, 0.6) is 0 Å². The Hall–Kier alpha value is -1.48. The molecule has 1 rings (SSSR count). The van der Waals surface area contributed by atoms with Crippen LogP contribution in [-0.4, -0.2) is 6.54 Å². The Bertz CT molecular complexity index is 305. The van der Waals surface area contributed by atoms with Gasteiger partial charge in [-0.05, 0) is 30.7 Å². The van der Waals surface area contributed by atoms with Crippen molar-refractivity contribution in [1.29, 1.82) is 0 Å². The maximum atomic E-state index is 5.73. The molecule has 84 valence electrons. The van der Waals surface area contributed by atoms with Crippen LogP contribution in [0.1, 0.15) is 25.8 Å². The number of hydrogen-bond donors (Lipinski definition) is 3. The van der Waals surface area contributed by atoms with Gasteiger partial charge in [0.05, 0.1) is 0 Å². The van der Waals surface area contributed by atoms with Crippen LogP contribution >= 0.6 is 0 Å². The number of rotatable bonds is 3. The summed E-state index contributed by atoms with van der Waals surface area (Å²) >= 11 is 0. The van der Waals surface area contributed by atoms with E-state index in [2.05, 4.69) is 0 Å². The first-order valence-electron chi connectivity index (χ1n) is 5.24. The minimum atomic E-state index is 0.565. The largest absolute Gasteiger partial charge is 0.402 e. The third kappa shape index (κ3) is 5.08. The highest BCUT2D eigenvalue weighted by molar-refractivity contribution is 5.65. The van der Waals surface area contributed by atoms with Crippen molar-refractivity contribution in [2.24, 2.45) is 11.5 Å². The second-order valence-corrected chi connectivity index (χ2v) is 2.89. The van der Waals surface area contributed by atoms with Crippen molar-refractivity contribution >= 4 is 11.8 Å². The summed E-state index contributed by atoms with van der Waals surface area (Å²) in [6.45, 7) is 4.56. The topological polar surface area (TPSA) is 78.1 Å². The molecule has 0 amide bonds. The molecule has 0 bridgehead atoms. The van der Waals surface area contributed by atoms with Crippen LogP contribution in [0.25, 0.3) is 6.08 Å². The Labute approximate surface area is 92.0 Å². The van der Waals surface area contributed by atoms with E-state index in [1.807, 2.05) is 44.2 Å². The molecule has 0 aliphatic carbocycles. The minimum Gasteiger partial charge on any atom is -0.402 e. The predicted octanol–water partition coefficient (Wildman–Crippen LogP) is 1.94. The maximum Gasteiger partial charge on any atom is 0.0388 e. The van der Waals surface area contributed by atoms with Crippen molar-refractivity contribution in [3.63, 3.8) is 0 Å². The Morgan fingerprint density at radius 2 is 1.87 bits per heavy atom. The summed E-state index contributed by atoms with van der Waals surface area (Å²) in [5.74, 6) is 0. The van der Waals surface area contributed by atoms with Gasteiger partial charge in [0.25, 0.3) is 0 Å². The van der Waals surface area contributed by atoms with Crippen LogP contribution in [0.2, 0.25) is 0 Å². The Balaban J connectivity index is 0.000000921. The lowest BCUT2D eigenvalue weighted by Gasteiger charge is -2.01. The first kappa shape index (κ1) is 13.5. The Morgan fingerprint density at radius 3 is 2.40 bits per heavy atom. The van der Waals surface area contributed by atoms with Gasteiger partial charge in [-0.2, -0.15) is 0 Å². The van der Waals surface area contributed by atoms with Gasteiger partial charge < -0.3 is 17.2 Å². The van der Waals surface area contributed by atoms with E-state index in [1.54, 1.807) is 0 Å². The van der Waals surface area contributed by atoms with Crippen molar-refractivity contribution < 1.29 is 0 Å². The van der Waals surface area contributed by atoms with Crippen LogP contribution < -0.4 is 17.2 Å². The van der Waals surface area contributed by atoms with Gasteiger partial charge >= 0.3 is 0 Å². The average Bonchev–Trinajstić information content (AvgIpc) is 2.25. The molecule has 0 aliphatic heterocycles. The molecule has 0 spiro atoms. The molecule has 0 atom stereocenters. The fourth-order valence-electron chi connectivity index (χ4n) is 1.08. The van der Waals surface area contributed by atoms with Crippen molar-refractivity contribution in [2.45, 2.75) is 20.3 Å². The highest BCUT2D eigenvalue weighted by Crippen LogP contribution is 2.13. The fourth-order valence-corrected chi connectivity index (χ4v) is 1.08. The third-order valence-corrected chi connectivity index (χ3v) is 1.77. The molecule has 0 aliphatic rings. The van der Waals surface area contributed by atoms with Crippen LogP contribution in [0.3, 0.4) is 0 Å². The molecular weight excluding hydrogens is 186 g/mol. The average molecular weight is 207 g/mol. The standard InChI is InChI=1S/C10H15N3.C2H6/c11-6-5-9(12)7-8-3-1-2-4-10(8)13;1-2/h1-4,7H,5-6,11-13H2;1-2H3/b9-7-;. The monoisotopic (exact) mass is 207 g/mol. The summed E-state index contributed by atoms with van der Waals surface area (Å²) < 4.78 is 0. The number of anilines is 1. The molecule has 3 heteroatoms. The van der Waals surface area contributed by atoms with Gasteiger partial charge in [-0.15, -0.1) is 0 Å². The van der Waals surface area contributed by atoms with E-state index >= 15 is 0 Å². The zero-order valence-corrected chi connectivity index (χ0v) is 9.53. The quantitative estimate of drug-likeness (QED) is 0.663. The van der Waals surface area contributed by atoms with E-state index in [1.165, 1.54) is 0 Å². The van der Waals surface area contributed by atoms with Crippen molar-refractivity contribution in [2.75, 3.05) is 12.3 Å². The third-order valence-electron chi connectivity index (χ3n) is 1.77. The Morgan fingerprint density at radius 1 is 1.27 bits per heavy atom. The molecule has 0 unspecified atom stereocenters. The summed E-state index contributed by atoms with van der Waals surface area (Å²) in [6.07, 6.45) is 2.57. The van der Waals surface area contributed by atoms with Gasteiger partial charge in [0.2, 0.25) is 0 Å². The summed E-state index contributed by atoms with van der Waals surface area (Å²) in [6, 6.07) is 7.60. The highest BCUT2D eigenvalue weighted by Gasteiger charge is 1.94. The van der Waals surface area contributed by atoms with E-state index in [0.717, 1.165) is 16.9 Å². The van der Waals surface area contributed by atoms with Crippen LogP contribution in [-0.2, 0) is 0 Å². The van der Waals surface area contributed by atoms with E-state index < -0.39 is 0 Å². The Kier molecular flexibility index (Phi) is 7.10. The lowest BCUT2D eigenvalue weighted by molar-refractivity contribution is 0.943. The lowest BCUT2D eigenvalue weighted by atomic mass is 10.1. The zero-order chi connectivity index (χ0) is 11.7. The highest BCUT2D eigenvalue weighted by atomic mass is 14.6. The molecule has 1 aromatic rings. The first-order chi connectivity index (χ1) is 7.24. The molecule has 0 aromatic heterocycles. The number of benzene rings is 1. The summed E-state index contributed by atoms with van der Waals surface area (Å²) in [5, 5.41) is 0. The van der Waals surface area contributed by atoms with Gasteiger partial charge in [0.15, 0.2) is 0 Å². The van der Waals surface area contributed by atoms with Crippen LogP contribution in [0.15, 0.2) is 30.0 Å². The molecule has 0 saturated carbocycles.